The summed E-state index contributed by atoms with van der Waals surface area (Å²) in [5.41, 5.74) is 7.93. The van der Waals surface area contributed by atoms with Gasteiger partial charge in [0.1, 0.15) is 0 Å². The van der Waals surface area contributed by atoms with E-state index in [4.69, 9.17) is 5.73 Å². The van der Waals surface area contributed by atoms with Crippen molar-refractivity contribution in [3.05, 3.63) is 28.2 Å². The van der Waals surface area contributed by atoms with E-state index >= 15 is 0 Å². The first-order valence-electron chi connectivity index (χ1n) is 5.02. The molecule has 1 aromatic carbocycles. The summed E-state index contributed by atoms with van der Waals surface area (Å²) < 4.78 is 1.04. The van der Waals surface area contributed by atoms with Crippen LogP contribution in [0, 0.1) is 6.92 Å². The summed E-state index contributed by atoms with van der Waals surface area (Å²) in [5.74, 6) is 0.504. The summed E-state index contributed by atoms with van der Waals surface area (Å²) in [6, 6.07) is 6.46. The molecular formula is C11H14BrN3. The zero-order chi connectivity index (χ0) is 10.8. The van der Waals surface area contributed by atoms with E-state index < -0.39 is 0 Å². The summed E-state index contributed by atoms with van der Waals surface area (Å²) in [7, 11) is 0. The van der Waals surface area contributed by atoms with Gasteiger partial charge in [-0.2, -0.15) is 0 Å². The monoisotopic (exact) mass is 267 g/mol. The van der Waals surface area contributed by atoms with Crippen molar-refractivity contribution in [2.75, 3.05) is 5.32 Å². The molecule has 0 amide bonds. The van der Waals surface area contributed by atoms with Gasteiger partial charge in [-0.3, -0.25) is 0 Å². The van der Waals surface area contributed by atoms with Crippen LogP contribution in [0.2, 0.25) is 0 Å². The maximum Gasteiger partial charge on any atom is 0.193 e. The van der Waals surface area contributed by atoms with Crippen molar-refractivity contribution in [1.29, 1.82) is 0 Å². The zero-order valence-corrected chi connectivity index (χ0v) is 10.2. The van der Waals surface area contributed by atoms with Crippen LogP contribution in [0.5, 0.6) is 0 Å². The number of nitrogens with two attached hydrogens (primary N) is 1. The minimum Gasteiger partial charge on any atom is -0.370 e. The van der Waals surface area contributed by atoms with Gasteiger partial charge in [-0.1, -0.05) is 12.1 Å². The first-order chi connectivity index (χ1) is 7.16. The number of aryl methyl sites for hydroxylation is 1. The van der Waals surface area contributed by atoms with Gasteiger partial charge in [0.2, 0.25) is 0 Å². The number of halogens is 1. The van der Waals surface area contributed by atoms with E-state index in [0.717, 1.165) is 23.0 Å². The quantitative estimate of drug-likeness (QED) is 0.640. The maximum absolute atomic E-state index is 5.78. The molecule has 3 nitrogen and oxygen atoms in total. The van der Waals surface area contributed by atoms with Crippen molar-refractivity contribution in [1.82, 2.24) is 0 Å². The Labute approximate surface area is 97.9 Å². The van der Waals surface area contributed by atoms with Gasteiger partial charge in [-0.15, -0.1) is 0 Å². The molecule has 0 radical (unpaired) electrons. The lowest BCUT2D eigenvalue weighted by molar-refractivity contribution is 1.06. The minimum absolute atomic E-state index is 0.445. The Morgan fingerprint density at radius 1 is 1.53 bits per heavy atom. The predicted octanol–water partition coefficient (Wildman–Crippen LogP) is 2.65. The molecule has 80 valence electrons. The van der Waals surface area contributed by atoms with Crippen molar-refractivity contribution in [3.63, 3.8) is 0 Å². The maximum atomic E-state index is 5.78. The van der Waals surface area contributed by atoms with E-state index in [1.807, 2.05) is 25.1 Å². The van der Waals surface area contributed by atoms with Gasteiger partial charge in [0, 0.05) is 4.47 Å². The fraction of sp³-hybridized carbons (Fsp3) is 0.364. The number of anilines is 1. The van der Waals surface area contributed by atoms with E-state index in [-0.39, 0.29) is 0 Å². The van der Waals surface area contributed by atoms with Crippen LogP contribution in [0.25, 0.3) is 0 Å². The SMILES string of the molecule is Cc1cccc(NC(N)=NC2CC2)c1Br. The van der Waals surface area contributed by atoms with Gasteiger partial charge in [-0.25, -0.2) is 4.99 Å². The molecule has 1 aliphatic rings. The van der Waals surface area contributed by atoms with Crippen LogP contribution in [-0.4, -0.2) is 12.0 Å². The van der Waals surface area contributed by atoms with E-state index in [0.29, 0.717) is 12.0 Å². The molecule has 1 saturated carbocycles. The number of rotatable bonds is 2. The first kappa shape index (κ1) is 10.5. The van der Waals surface area contributed by atoms with Gasteiger partial charge < -0.3 is 11.1 Å². The smallest absolute Gasteiger partial charge is 0.193 e. The number of aliphatic imine (C=N–C) groups is 1. The van der Waals surface area contributed by atoms with Crippen LogP contribution in [0.1, 0.15) is 18.4 Å². The summed E-state index contributed by atoms with van der Waals surface area (Å²) in [6.45, 7) is 2.05. The molecule has 0 bridgehead atoms. The predicted molar refractivity (Wildman–Crippen MR) is 67.1 cm³/mol. The highest BCUT2D eigenvalue weighted by atomic mass is 79.9. The first-order valence-corrected chi connectivity index (χ1v) is 5.81. The van der Waals surface area contributed by atoms with Crippen molar-refractivity contribution in [2.45, 2.75) is 25.8 Å². The number of guanidine groups is 1. The Bertz CT molecular complexity index is 397. The fourth-order valence-corrected chi connectivity index (χ4v) is 1.68. The third-order valence-electron chi connectivity index (χ3n) is 2.32. The third kappa shape index (κ3) is 2.72. The van der Waals surface area contributed by atoms with Gasteiger partial charge in [-0.05, 0) is 47.3 Å². The van der Waals surface area contributed by atoms with Crippen molar-refractivity contribution in [2.24, 2.45) is 10.7 Å². The Morgan fingerprint density at radius 3 is 2.93 bits per heavy atom. The minimum atomic E-state index is 0.445. The molecule has 2 rings (SSSR count). The molecule has 1 aromatic rings. The van der Waals surface area contributed by atoms with Crippen molar-refractivity contribution < 1.29 is 0 Å². The Morgan fingerprint density at radius 2 is 2.27 bits per heavy atom. The summed E-state index contributed by atoms with van der Waals surface area (Å²) in [5, 5.41) is 3.10. The lowest BCUT2D eigenvalue weighted by Crippen LogP contribution is -2.23. The standard InChI is InChI=1S/C11H14BrN3/c1-7-3-2-4-9(10(7)12)15-11(13)14-8-5-6-8/h2-4,8H,5-6H2,1H3,(H3,13,14,15). The average Bonchev–Trinajstić information content (AvgIpc) is 2.97. The lowest BCUT2D eigenvalue weighted by atomic mass is 10.2. The molecule has 1 aliphatic carbocycles. The molecular weight excluding hydrogens is 254 g/mol. The number of benzene rings is 1. The van der Waals surface area contributed by atoms with Crippen LogP contribution in [0.4, 0.5) is 5.69 Å². The number of nitrogens with zero attached hydrogens (tertiary/aromatic N) is 1. The molecule has 0 heterocycles. The highest BCUT2D eigenvalue weighted by Crippen LogP contribution is 2.26. The Balaban J connectivity index is 2.12. The van der Waals surface area contributed by atoms with Crippen LogP contribution in [0.3, 0.4) is 0 Å². The second-order valence-electron chi connectivity index (χ2n) is 3.81. The van der Waals surface area contributed by atoms with E-state index in [2.05, 4.69) is 26.2 Å². The van der Waals surface area contributed by atoms with Crippen molar-refractivity contribution >= 4 is 27.6 Å². The largest absolute Gasteiger partial charge is 0.370 e. The molecule has 1 fully saturated rings. The highest BCUT2D eigenvalue weighted by molar-refractivity contribution is 9.10. The summed E-state index contributed by atoms with van der Waals surface area (Å²) in [6.07, 6.45) is 2.33. The molecule has 15 heavy (non-hydrogen) atoms. The van der Waals surface area contributed by atoms with E-state index in [9.17, 15) is 0 Å². The average molecular weight is 268 g/mol. The van der Waals surface area contributed by atoms with E-state index in [1.165, 1.54) is 5.56 Å². The molecule has 0 unspecified atom stereocenters. The lowest BCUT2D eigenvalue weighted by Gasteiger charge is -2.09. The van der Waals surface area contributed by atoms with Crippen LogP contribution >= 0.6 is 15.9 Å². The third-order valence-corrected chi connectivity index (χ3v) is 3.38. The second-order valence-corrected chi connectivity index (χ2v) is 4.60. The van der Waals surface area contributed by atoms with Gasteiger partial charge in [0.25, 0.3) is 0 Å². The summed E-state index contributed by atoms with van der Waals surface area (Å²) in [4.78, 5) is 4.32. The fourth-order valence-electron chi connectivity index (χ4n) is 1.31. The Kier molecular flexibility index (Phi) is 2.95. The number of hydrogen-bond acceptors (Lipinski definition) is 1. The molecule has 3 N–H and O–H groups in total. The molecule has 4 heteroatoms. The van der Waals surface area contributed by atoms with E-state index in [1.54, 1.807) is 0 Å². The Hall–Kier alpha value is -1.03. The normalized spacial score (nSPS) is 16.5. The zero-order valence-electron chi connectivity index (χ0n) is 8.63. The molecule has 0 aliphatic heterocycles. The number of hydrogen-bond donors (Lipinski definition) is 2. The van der Waals surface area contributed by atoms with Crippen LogP contribution < -0.4 is 11.1 Å². The second kappa shape index (κ2) is 4.23. The van der Waals surface area contributed by atoms with Crippen molar-refractivity contribution in [3.8, 4) is 0 Å². The van der Waals surface area contributed by atoms with Gasteiger partial charge in [0.15, 0.2) is 5.96 Å². The van der Waals surface area contributed by atoms with Crippen LogP contribution in [0.15, 0.2) is 27.7 Å². The van der Waals surface area contributed by atoms with Crippen LogP contribution in [-0.2, 0) is 0 Å². The number of nitrogens with one attached hydrogen (secondary N) is 1. The molecule has 0 atom stereocenters. The molecule has 0 aromatic heterocycles. The highest BCUT2D eigenvalue weighted by Gasteiger charge is 2.20. The molecule has 0 spiro atoms. The van der Waals surface area contributed by atoms with Gasteiger partial charge in [0.05, 0.1) is 11.7 Å². The summed E-state index contributed by atoms with van der Waals surface area (Å²) >= 11 is 3.52. The van der Waals surface area contributed by atoms with Gasteiger partial charge >= 0.3 is 0 Å². The molecule has 0 saturated heterocycles. The topological polar surface area (TPSA) is 50.4 Å².